The van der Waals surface area contributed by atoms with Gasteiger partial charge in [-0.1, -0.05) is 13.8 Å². The zero-order chi connectivity index (χ0) is 36.0. The highest BCUT2D eigenvalue weighted by atomic mass is 127. The lowest BCUT2D eigenvalue weighted by Gasteiger charge is -2.19. The summed E-state index contributed by atoms with van der Waals surface area (Å²) < 4.78 is 29.7. The van der Waals surface area contributed by atoms with E-state index in [1.165, 1.54) is 25.3 Å². The van der Waals surface area contributed by atoms with Crippen LogP contribution in [0.4, 0.5) is 21.0 Å². The lowest BCUT2D eigenvalue weighted by atomic mass is 10.0. The zero-order valence-corrected chi connectivity index (χ0v) is 30.5. The van der Waals surface area contributed by atoms with Crippen LogP contribution in [-0.2, 0) is 23.7 Å². The van der Waals surface area contributed by atoms with Crippen molar-refractivity contribution < 1.29 is 43.1 Å². The van der Waals surface area contributed by atoms with E-state index in [-0.39, 0.29) is 36.6 Å². The molecule has 1 aliphatic heterocycles. The molecular formula is C30H30I2N4O13. The van der Waals surface area contributed by atoms with Crippen LogP contribution in [0.3, 0.4) is 0 Å². The standard InChI is InChI=1S/C30H30I2N4O13/c1-15-11-34(28(38)33-27(15)37)26-10-24(49-30(40)46-13-17(3)21-9-19(32)5-7-23(21)36(43)44)25(48-26)14-47-29(39)45-12-16(2)20-8-18(31)4-6-22(20)35(41)42/h4-9,11,16-17,24-26H,10,12-14H2,1-3H3,(H,33,37,38)/t16?,17?,24-,25+,26+/m0/s1. The molecule has 17 nitrogen and oxygen atoms in total. The number of hydrogen-bond acceptors (Lipinski definition) is 13. The lowest BCUT2D eigenvalue weighted by Crippen LogP contribution is -2.34. The molecule has 19 heteroatoms. The molecule has 3 aromatic rings. The molecule has 2 heterocycles. The van der Waals surface area contributed by atoms with Crippen LogP contribution in [0.5, 0.6) is 0 Å². The number of ether oxygens (including phenoxy) is 5. The summed E-state index contributed by atoms with van der Waals surface area (Å²) in [5, 5.41) is 23.0. The molecule has 0 radical (unpaired) electrons. The maximum absolute atomic E-state index is 12.8. The summed E-state index contributed by atoms with van der Waals surface area (Å²) in [6.45, 7) is 3.77. The van der Waals surface area contributed by atoms with Gasteiger partial charge in [0, 0.05) is 60.4 Å². The maximum Gasteiger partial charge on any atom is 0.508 e. The minimum atomic E-state index is -1.14. The smallest absolute Gasteiger partial charge is 0.434 e. The topological polar surface area (TPSA) is 221 Å². The molecule has 2 unspecified atom stereocenters. The molecule has 0 bridgehead atoms. The third-order valence-corrected chi connectivity index (χ3v) is 8.93. The Hall–Kier alpha value is -4.12. The monoisotopic (exact) mass is 908 g/mol. The number of H-pyrrole nitrogens is 1. The maximum atomic E-state index is 12.8. The largest absolute Gasteiger partial charge is 0.508 e. The van der Waals surface area contributed by atoms with E-state index in [0.29, 0.717) is 11.1 Å². The van der Waals surface area contributed by atoms with Crippen LogP contribution in [0.25, 0.3) is 0 Å². The van der Waals surface area contributed by atoms with Gasteiger partial charge in [0.05, 0.1) is 9.85 Å². The van der Waals surface area contributed by atoms with Gasteiger partial charge in [-0.15, -0.1) is 0 Å². The van der Waals surface area contributed by atoms with E-state index in [9.17, 15) is 39.4 Å². The third-order valence-electron chi connectivity index (χ3n) is 7.59. The Balaban J connectivity index is 1.42. The van der Waals surface area contributed by atoms with Crippen LogP contribution in [0.1, 0.15) is 55.0 Å². The number of carbonyl (C=O) groups is 2. The van der Waals surface area contributed by atoms with Gasteiger partial charge in [0.1, 0.15) is 38.3 Å². The Labute approximate surface area is 304 Å². The van der Waals surface area contributed by atoms with Crippen molar-refractivity contribution in [1.29, 1.82) is 0 Å². The molecule has 0 spiro atoms. The first-order valence-electron chi connectivity index (χ1n) is 14.6. The molecule has 5 atom stereocenters. The van der Waals surface area contributed by atoms with Crippen molar-refractivity contribution >= 4 is 68.9 Å². The van der Waals surface area contributed by atoms with Gasteiger partial charge < -0.3 is 23.7 Å². The van der Waals surface area contributed by atoms with E-state index in [0.717, 1.165) is 11.7 Å². The Morgan fingerprint density at radius 1 is 0.939 bits per heavy atom. The molecule has 1 saturated heterocycles. The Kier molecular flexibility index (Phi) is 12.7. The second-order valence-electron chi connectivity index (χ2n) is 11.2. The number of nitrogens with one attached hydrogen (secondary N) is 1. The number of halogens is 2. The van der Waals surface area contributed by atoms with Crippen molar-refractivity contribution in [2.75, 3.05) is 19.8 Å². The van der Waals surface area contributed by atoms with E-state index < -0.39 is 70.3 Å². The molecule has 0 amide bonds. The highest BCUT2D eigenvalue weighted by molar-refractivity contribution is 14.1. The second kappa shape index (κ2) is 16.5. The van der Waals surface area contributed by atoms with Gasteiger partial charge in [-0.25, -0.2) is 14.4 Å². The summed E-state index contributed by atoms with van der Waals surface area (Å²) in [5.74, 6) is -1.13. The summed E-state index contributed by atoms with van der Waals surface area (Å²) in [4.78, 5) is 73.8. The molecule has 4 rings (SSSR count). The van der Waals surface area contributed by atoms with Gasteiger partial charge in [0.2, 0.25) is 0 Å². The average molecular weight is 908 g/mol. The first-order chi connectivity index (χ1) is 23.1. The summed E-state index contributed by atoms with van der Waals surface area (Å²) in [7, 11) is 0. The fourth-order valence-corrected chi connectivity index (χ4v) is 6.06. The highest BCUT2D eigenvalue weighted by Crippen LogP contribution is 2.32. The summed E-state index contributed by atoms with van der Waals surface area (Å²) in [6, 6.07) is 9.15. The van der Waals surface area contributed by atoms with Gasteiger partial charge in [-0.3, -0.25) is 34.6 Å². The molecule has 262 valence electrons. The average Bonchev–Trinajstić information content (AvgIpc) is 3.44. The molecule has 49 heavy (non-hydrogen) atoms. The van der Waals surface area contributed by atoms with Gasteiger partial charge >= 0.3 is 18.0 Å². The van der Waals surface area contributed by atoms with Crippen molar-refractivity contribution in [3.63, 3.8) is 0 Å². The predicted molar refractivity (Wildman–Crippen MR) is 187 cm³/mol. The van der Waals surface area contributed by atoms with E-state index in [4.69, 9.17) is 23.7 Å². The second-order valence-corrected chi connectivity index (χ2v) is 13.6. The lowest BCUT2D eigenvalue weighted by molar-refractivity contribution is -0.385. The normalized spacial score (nSPS) is 18.3. The van der Waals surface area contributed by atoms with Crippen molar-refractivity contribution in [1.82, 2.24) is 9.55 Å². The van der Waals surface area contributed by atoms with E-state index in [1.54, 1.807) is 38.1 Å². The first kappa shape index (κ1) is 37.7. The van der Waals surface area contributed by atoms with Crippen LogP contribution >= 0.6 is 45.2 Å². The number of nitrogens with zero attached hydrogens (tertiary/aromatic N) is 3. The quantitative estimate of drug-likeness (QED) is 0.104. The fraction of sp³-hybridized carbons (Fsp3) is 0.400. The highest BCUT2D eigenvalue weighted by Gasteiger charge is 2.41. The SMILES string of the molecule is Cc1cn([C@H]2C[C@H](OC(=O)OCC(C)c3cc(I)ccc3[N+](=O)[O-])[C@@H](COC(=O)OCC(C)c3cc(I)ccc3[N+](=O)[O-])O2)c(=O)[nH]c1=O. The Bertz CT molecular complexity index is 1860. The molecule has 1 aromatic heterocycles. The zero-order valence-electron chi connectivity index (χ0n) is 26.2. The van der Waals surface area contributed by atoms with Crippen LogP contribution in [0.2, 0.25) is 0 Å². The number of aromatic amines is 1. The van der Waals surface area contributed by atoms with Gasteiger partial charge in [-0.2, -0.15) is 0 Å². The van der Waals surface area contributed by atoms with Gasteiger partial charge in [0.25, 0.3) is 16.9 Å². The molecule has 0 aliphatic carbocycles. The number of rotatable bonds is 12. The van der Waals surface area contributed by atoms with Crippen molar-refractivity contribution in [3.05, 3.63) is 107 Å². The molecule has 1 N–H and O–H groups in total. The number of hydrogen-bond donors (Lipinski definition) is 1. The van der Waals surface area contributed by atoms with Gasteiger partial charge in [-0.05, 0) is 76.4 Å². The van der Waals surface area contributed by atoms with E-state index >= 15 is 0 Å². The molecular weight excluding hydrogens is 878 g/mol. The third kappa shape index (κ3) is 9.74. The fourth-order valence-electron chi connectivity index (χ4n) is 5.03. The van der Waals surface area contributed by atoms with E-state index in [1.807, 2.05) is 45.2 Å². The molecule has 1 aliphatic rings. The Morgan fingerprint density at radius 2 is 1.47 bits per heavy atom. The summed E-state index contributed by atoms with van der Waals surface area (Å²) in [5.41, 5.74) is -0.692. The van der Waals surface area contributed by atoms with Crippen LogP contribution in [0.15, 0.2) is 52.2 Å². The van der Waals surface area contributed by atoms with Gasteiger partial charge in [0.15, 0.2) is 0 Å². The van der Waals surface area contributed by atoms with E-state index in [2.05, 4.69) is 4.98 Å². The number of benzene rings is 2. The molecule has 1 fully saturated rings. The number of nitro groups is 2. The van der Waals surface area contributed by atoms with Crippen LogP contribution < -0.4 is 11.2 Å². The number of aryl methyl sites for hydroxylation is 1. The minimum Gasteiger partial charge on any atom is -0.434 e. The minimum absolute atomic E-state index is 0.102. The van der Waals surface area contributed by atoms with Crippen LogP contribution in [-0.4, -0.2) is 63.7 Å². The first-order valence-corrected chi connectivity index (χ1v) is 16.8. The van der Waals surface area contributed by atoms with Crippen molar-refractivity contribution in [3.8, 4) is 0 Å². The number of aromatic nitrogens is 2. The predicted octanol–water partition coefficient (Wildman–Crippen LogP) is 5.44. The molecule has 2 aromatic carbocycles. The van der Waals surface area contributed by atoms with Crippen LogP contribution in [0, 0.1) is 34.3 Å². The Morgan fingerprint density at radius 3 is 2.00 bits per heavy atom. The van der Waals surface area contributed by atoms with Crippen molar-refractivity contribution in [2.45, 2.75) is 57.5 Å². The molecule has 0 saturated carbocycles. The number of carbonyl (C=O) groups excluding carboxylic acids is 2. The number of nitro benzene ring substituents is 2. The summed E-state index contributed by atoms with van der Waals surface area (Å²) >= 11 is 4.03. The van der Waals surface area contributed by atoms with Crippen molar-refractivity contribution in [2.24, 2.45) is 0 Å². The summed E-state index contributed by atoms with van der Waals surface area (Å²) in [6.07, 6.45) is -4.36.